The second-order valence-electron chi connectivity index (χ2n) is 31.1. The fraction of sp³-hybridized carbons (Fsp3) is 0.308. The third-order valence-electron chi connectivity index (χ3n) is 22.8. The highest BCUT2D eigenvalue weighted by molar-refractivity contribution is 5.43. The molecule has 3 saturated heterocycles. The number of nitrogens with two attached hydrogens (primary N) is 1. The Balaban J connectivity index is 0.000000150. The second-order valence-corrected chi connectivity index (χ2v) is 31.1. The lowest BCUT2D eigenvalue weighted by atomic mass is 9.77. The average molecular weight is 1620 g/mol. The van der Waals surface area contributed by atoms with Gasteiger partial charge in [-0.3, -0.25) is 0 Å². The van der Waals surface area contributed by atoms with Gasteiger partial charge in [0.05, 0.1) is 7.11 Å². The van der Waals surface area contributed by atoms with Crippen LogP contribution in [0.5, 0.6) is 5.75 Å². The van der Waals surface area contributed by atoms with Gasteiger partial charge in [-0.1, -0.05) is 188 Å². The Morgan fingerprint density at radius 2 is 0.588 bits per heavy atom. The summed E-state index contributed by atoms with van der Waals surface area (Å²) in [4.78, 5) is 0. The van der Waals surface area contributed by atoms with Gasteiger partial charge in [0.15, 0.2) is 0 Å². The molecule has 3 aliphatic rings. The highest BCUT2D eigenvalue weighted by Crippen LogP contribution is 2.41. The minimum absolute atomic E-state index is 0.0317. The lowest BCUT2D eigenvalue weighted by Crippen LogP contribution is -2.33. The van der Waals surface area contributed by atoms with Crippen molar-refractivity contribution in [2.24, 2.45) is 23.5 Å². The molecule has 7 N–H and O–H groups in total. The standard InChI is InChI=1S/3C18H19F2N.C17H20FNO.C17H21N.C16H18FN/c3*19-16-7-1-4-13(10-16)18(15-6-3-9-21-12-15)14-5-2-8-17(20)11-14;1-19-10-9-17(13-5-3-7-15(18)11-13)14-6-4-8-16(12-14)20-2;1-13-7-3-5-9-15(13)17(11-12-18)16-10-6-4-8-14(16)2;1-18-11-10-16(13-6-3-2-4-7-13)14-8-5-9-15(17)12-14/h3*1-2,4-5,7-8,10-11,15,18,21H,3,6,9,12H2;3-8,11-12,17,19H,9-10H2,1-2H3;3-10,17H,11-12,18H2,1-2H3;2-9,12,16,18H,10-11H2,1H3/t2*15-;;;;/m10..../s1. The summed E-state index contributed by atoms with van der Waals surface area (Å²) in [6.07, 6.45) is 9.40. The number of aryl methyl sites for hydroxylation is 2. The summed E-state index contributed by atoms with van der Waals surface area (Å²) in [5.41, 5.74) is 21.3. The predicted molar refractivity (Wildman–Crippen MR) is 472 cm³/mol. The van der Waals surface area contributed by atoms with E-state index in [1.54, 1.807) is 104 Å². The van der Waals surface area contributed by atoms with E-state index in [0.29, 0.717) is 30.2 Å². The maximum atomic E-state index is 13.6. The number of halogens is 8. The maximum Gasteiger partial charge on any atom is 0.123 e. The number of methoxy groups -OCH3 is 1. The first-order valence-electron chi connectivity index (χ1n) is 42.0. The minimum Gasteiger partial charge on any atom is -0.497 e. The molecule has 0 spiro atoms. The Morgan fingerprint density at radius 3 is 0.866 bits per heavy atom. The molecule has 119 heavy (non-hydrogen) atoms. The van der Waals surface area contributed by atoms with Gasteiger partial charge in [0, 0.05) is 35.5 Å². The van der Waals surface area contributed by atoms with Crippen molar-refractivity contribution in [2.75, 3.05) is 80.1 Å². The molecule has 3 heterocycles. The number of benzene rings is 12. The van der Waals surface area contributed by atoms with Gasteiger partial charge in [0.1, 0.15) is 52.3 Å². The number of ether oxygens (including phenoxy) is 1. The van der Waals surface area contributed by atoms with Gasteiger partial charge in [-0.2, -0.15) is 0 Å². The Bertz CT molecular complexity index is 4530. The molecule has 12 aromatic carbocycles. The molecule has 0 bridgehead atoms. The lowest BCUT2D eigenvalue weighted by Gasteiger charge is -2.31. The maximum absolute atomic E-state index is 13.6. The fourth-order valence-corrected chi connectivity index (χ4v) is 17.1. The number of nitrogens with one attached hydrogen (secondary N) is 5. The quantitative estimate of drug-likeness (QED) is 0.0336. The van der Waals surface area contributed by atoms with Crippen LogP contribution in [0.2, 0.25) is 0 Å². The molecule has 0 radical (unpaired) electrons. The van der Waals surface area contributed by atoms with Crippen LogP contribution in [-0.2, 0) is 0 Å². The highest BCUT2D eigenvalue weighted by atomic mass is 19.2. The van der Waals surface area contributed by atoms with Gasteiger partial charge in [-0.15, -0.1) is 0 Å². The summed E-state index contributed by atoms with van der Waals surface area (Å²) in [7, 11) is 5.52. The van der Waals surface area contributed by atoms with Gasteiger partial charge in [-0.05, 0) is 349 Å². The molecule has 3 unspecified atom stereocenters. The van der Waals surface area contributed by atoms with Crippen molar-refractivity contribution < 1.29 is 39.9 Å². The smallest absolute Gasteiger partial charge is 0.123 e. The number of piperidine rings is 3. The summed E-state index contributed by atoms with van der Waals surface area (Å²) in [5.74, 6) is 1.04. The highest BCUT2D eigenvalue weighted by Gasteiger charge is 2.31. The molecule has 0 saturated carbocycles. The summed E-state index contributed by atoms with van der Waals surface area (Å²) >= 11 is 0. The van der Waals surface area contributed by atoms with Crippen LogP contribution in [-0.4, -0.2) is 80.1 Å². The van der Waals surface area contributed by atoms with Crippen LogP contribution >= 0.6 is 0 Å². The molecule has 624 valence electrons. The van der Waals surface area contributed by atoms with Crippen LogP contribution < -0.4 is 37.1 Å². The Labute approximate surface area is 700 Å². The van der Waals surface area contributed by atoms with E-state index in [-0.39, 0.29) is 76.1 Å². The van der Waals surface area contributed by atoms with Crippen LogP contribution in [0.15, 0.2) is 297 Å². The van der Waals surface area contributed by atoms with Gasteiger partial charge in [0.2, 0.25) is 0 Å². The molecule has 0 aromatic heterocycles. The largest absolute Gasteiger partial charge is 0.497 e. The van der Waals surface area contributed by atoms with Crippen LogP contribution in [0, 0.1) is 78.1 Å². The van der Waals surface area contributed by atoms with E-state index >= 15 is 0 Å². The second kappa shape index (κ2) is 48.6. The summed E-state index contributed by atoms with van der Waals surface area (Å²) in [6, 6.07) is 89.3. The topological polar surface area (TPSA) is 95.4 Å². The third kappa shape index (κ3) is 28.1. The molecule has 5 atom stereocenters. The molecule has 3 aliphatic heterocycles. The summed E-state index contributed by atoms with van der Waals surface area (Å²) in [6.45, 7) is 12.6. The Morgan fingerprint density at radius 1 is 0.319 bits per heavy atom. The first-order chi connectivity index (χ1) is 58.0. The van der Waals surface area contributed by atoms with E-state index in [2.05, 4.69) is 107 Å². The van der Waals surface area contributed by atoms with Gasteiger partial charge >= 0.3 is 0 Å². The molecule has 7 nitrogen and oxygen atoms in total. The van der Waals surface area contributed by atoms with Crippen LogP contribution in [0.25, 0.3) is 0 Å². The Kier molecular flexibility index (Phi) is 37.2. The zero-order chi connectivity index (χ0) is 84.1. The molecule has 15 rings (SSSR count). The third-order valence-corrected chi connectivity index (χ3v) is 22.8. The number of hydrogen-bond donors (Lipinski definition) is 6. The van der Waals surface area contributed by atoms with Gasteiger partial charge < -0.3 is 37.1 Å². The van der Waals surface area contributed by atoms with E-state index in [9.17, 15) is 35.1 Å². The van der Waals surface area contributed by atoms with Crippen LogP contribution in [0.3, 0.4) is 0 Å². The molecular weight excluding hydrogens is 1500 g/mol. The molecule has 0 aliphatic carbocycles. The summed E-state index contributed by atoms with van der Waals surface area (Å²) in [5, 5.41) is 16.5. The molecular formula is C104H116F8N6O. The van der Waals surface area contributed by atoms with E-state index < -0.39 is 0 Å². The van der Waals surface area contributed by atoms with Crippen LogP contribution in [0.4, 0.5) is 35.1 Å². The zero-order valence-corrected chi connectivity index (χ0v) is 69.2. The summed E-state index contributed by atoms with van der Waals surface area (Å²) < 4.78 is 114. The molecule has 12 aromatic rings. The minimum atomic E-state index is -0.238. The number of hydrogen-bond acceptors (Lipinski definition) is 7. The van der Waals surface area contributed by atoms with Crippen molar-refractivity contribution in [1.82, 2.24) is 26.6 Å². The lowest BCUT2D eigenvalue weighted by molar-refractivity contribution is 0.345. The van der Waals surface area contributed by atoms with Gasteiger partial charge in [0.25, 0.3) is 0 Å². The normalized spacial score (nSPS) is 15.6. The number of rotatable bonds is 24. The molecule has 0 amide bonds. The van der Waals surface area contributed by atoms with E-state index in [0.717, 1.165) is 166 Å². The van der Waals surface area contributed by atoms with E-state index in [1.807, 2.05) is 99.0 Å². The fourth-order valence-electron chi connectivity index (χ4n) is 17.1. The SMILES string of the molecule is CNCCC(c1cccc(F)c1)c1cccc(OC)c1.CNCCC(c1ccccc1)c1cccc(F)c1.Cc1ccccc1C(CCN)c1ccccc1C.Fc1cccc(C(c2cccc(F)c2)C2CCCNC2)c1.Fc1cccc(C(c2cccc(F)c2)[C@@H]2CCCNC2)c1.Fc1cccc(C(c2cccc(F)c2)[C@H]2CCCNC2)c1. The molecule has 3 fully saturated rings. The van der Waals surface area contributed by atoms with Crippen molar-refractivity contribution in [3.63, 3.8) is 0 Å². The Hall–Kier alpha value is -10.4. The zero-order valence-electron chi connectivity index (χ0n) is 69.2. The molecule has 15 heteroatoms. The van der Waals surface area contributed by atoms with E-state index in [1.165, 1.54) is 76.3 Å². The van der Waals surface area contributed by atoms with E-state index in [4.69, 9.17) is 10.5 Å². The van der Waals surface area contributed by atoms with Crippen molar-refractivity contribution >= 4 is 0 Å². The van der Waals surface area contributed by atoms with Crippen molar-refractivity contribution in [2.45, 2.75) is 107 Å². The van der Waals surface area contributed by atoms with Crippen LogP contribution in [0.1, 0.15) is 171 Å². The first kappa shape index (κ1) is 91.0. The first-order valence-corrected chi connectivity index (χ1v) is 42.0. The van der Waals surface area contributed by atoms with Crippen molar-refractivity contribution in [1.29, 1.82) is 0 Å². The van der Waals surface area contributed by atoms with Crippen molar-refractivity contribution in [3.05, 3.63) is 422 Å². The predicted octanol–water partition coefficient (Wildman–Crippen LogP) is 23.2. The van der Waals surface area contributed by atoms with Gasteiger partial charge in [-0.25, -0.2) is 35.1 Å². The monoisotopic (exact) mass is 1620 g/mol. The van der Waals surface area contributed by atoms with Crippen molar-refractivity contribution in [3.8, 4) is 5.75 Å². The average Bonchev–Trinajstić information content (AvgIpc) is 0.835.